The van der Waals surface area contributed by atoms with Crippen molar-refractivity contribution in [1.29, 1.82) is 5.26 Å². The Morgan fingerprint density at radius 2 is 1.89 bits per heavy atom. The van der Waals surface area contributed by atoms with E-state index >= 15 is 0 Å². The molecule has 1 aliphatic rings. The van der Waals surface area contributed by atoms with Gasteiger partial charge in [0.25, 0.3) is 0 Å². The van der Waals surface area contributed by atoms with Crippen LogP contribution in [0.1, 0.15) is 48.1 Å². The Bertz CT molecular complexity index is 1270. The molecular weight excluding hydrogens is 448 g/mol. The number of aromatic nitrogens is 1. The van der Waals surface area contributed by atoms with E-state index < -0.39 is 0 Å². The molecule has 0 spiro atoms. The summed E-state index contributed by atoms with van der Waals surface area (Å²) >= 11 is 0. The van der Waals surface area contributed by atoms with Crippen molar-refractivity contribution in [2.75, 3.05) is 19.6 Å². The van der Waals surface area contributed by atoms with Crippen LogP contribution in [0.2, 0.25) is 0 Å². The Morgan fingerprint density at radius 1 is 1.08 bits per heavy atom. The average molecular weight is 483 g/mol. The van der Waals surface area contributed by atoms with E-state index in [1.807, 2.05) is 29.2 Å². The van der Waals surface area contributed by atoms with Gasteiger partial charge in [-0.15, -0.1) is 0 Å². The van der Waals surface area contributed by atoms with Crippen LogP contribution in [-0.2, 0) is 22.4 Å². The molecule has 0 unspecified atom stereocenters. The summed E-state index contributed by atoms with van der Waals surface area (Å²) in [5.41, 5.74) is 7.74. The molecule has 1 fully saturated rings. The highest BCUT2D eigenvalue weighted by atomic mass is 16.2. The second kappa shape index (κ2) is 11.7. The summed E-state index contributed by atoms with van der Waals surface area (Å²) in [4.78, 5) is 26.2. The number of benzene rings is 2. The minimum atomic E-state index is 0.0212. The van der Waals surface area contributed by atoms with Crippen LogP contribution in [0.4, 0.5) is 0 Å². The highest BCUT2D eigenvalue weighted by Crippen LogP contribution is 2.30. The molecule has 1 N–H and O–H groups in total. The first-order valence-corrected chi connectivity index (χ1v) is 12.8. The molecular formula is C30H34N4O2. The van der Waals surface area contributed by atoms with E-state index in [0.29, 0.717) is 38.8 Å². The maximum Gasteiger partial charge on any atom is 0.222 e. The molecule has 0 radical (unpaired) electrons. The minimum absolute atomic E-state index is 0.0212. The normalized spacial score (nSPS) is 13.1. The van der Waals surface area contributed by atoms with Crippen LogP contribution < -0.4 is 5.32 Å². The monoisotopic (exact) mass is 482 g/mol. The molecule has 0 atom stereocenters. The van der Waals surface area contributed by atoms with Gasteiger partial charge in [0.15, 0.2) is 0 Å². The number of nitrogens with one attached hydrogen (secondary N) is 1. The Kier molecular flexibility index (Phi) is 8.22. The van der Waals surface area contributed by atoms with E-state index in [-0.39, 0.29) is 11.8 Å². The SMILES string of the molecule is Cc1ccc(-c2ccc(CCC(=O)NCCCN3CCCC3=O)n2-c2ccc(CC#N)cc2)c(C)c1. The highest BCUT2D eigenvalue weighted by molar-refractivity contribution is 5.78. The Morgan fingerprint density at radius 3 is 2.58 bits per heavy atom. The first kappa shape index (κ1) is 25.2. The van der Waals surface area contributed by atoms with E-state index in [0.717, 1.165) is 47.6 Å². The maximum absolute atomic E-state index is 12.6. The lowest BCUT2D eigenvalue weighted by atomic mass is 10.0. The van der Waals surface area contributed by atoms with Crippen LogP contribution in [0.5, 0.6) is 0 Å². The quantitative estimate of drug-likeness (QED) is 0.418. The third kappa shape index (κ3) is 6.04. The van der Waals surface area contributed by atoms with Gasteiger partial charge in [-0.25, -0.2) is 0 Å². The third-order valence-electron chi connectivity index (χ3n) is 6.80. The maximum atomic E-state index is 12.6. The van der Waals surface area contributed by atoms with Crippen molar-refractivity contribution in [3.05, 3.63) is 77.0 Å². The predicted octanol–water partition coefficient (Wildman–Crippen LogP) is 4.89. The lowest BCUT2D eigenvalue weighted by Crippen LogP contribution is -2.30. The van der Waals surface area contributed by atoms with Gasteiger partial charge in [0.2, 0.25) is 11.8 Å². The molecule has 0 aliphatic carbocycles. The number of carbonyl (C=O) groups is 2. The molecule has 2 aromatic carbocycles. The van der Waals surface area contributed by atoms with Crippen LogP contribution in [0.3, 0.4) is 0 Å². The Hall–Kier alpha value is -3.85. The van der Waals surface area contributed by atoms with Crippen LogP contribution in [-0.4, -0.2) is 40.9 Å². The molecule has 1 aromatic heterocycles. The second-order valence-corrected chi connectivity index (χ2v) is 9.55. The fourth-order valence-electron chi connectivity index (χ4n) is 4.91. The van der Waals surface area contributed by atoms with Crippen molar-refractivity contribution in [3.8, 4) is 23.0 Å². The minimum Gasteiger partial charge on any atom is -0.356 e. The first-order chi connectivity index (χ1) is 17.5. The Balaban J connectivity index is 1.47. The number of nitriles is 1. The van der Waals surface area contributed by atoms with Gasteiger partial charge >= 0.3 is 0 Å². The van der Waals surface area contributed by atoms with Crippen LogP contribution in [0, 0.1) is 25.2 Å². The zero-order valence-electron chi connectivity index (χ0n) is 21.2. The molecule has 0 saturated carbocycles. The first-order valence-electron chi connectivity index (χ1n) is 12.8. The topological polar surface area (TPSA) is 78.1 Å². The van der Waals surface area contributed by atoms with Crippen molar-refractivity contribution in [2.45, 2.75) is 52.4 Å². The highest BCUT2D eigenvalue weighted by Gasteiger charge is 2.19. The van der Waals surface area contributed by atoms with Gasteiger partial charge in [-0.2, -0.15) is 5.26 Å². The largest absolute Gasteiger partial charge is 0.356 e. The number of carbonyl (C=O) groups excluding carboxylic acids is 2. The summed E-state index contributed by atoms with van der Waals surface area (Å²) in [6, 6.07) is 21.0. The fourth-order valence-corrected chi connectivity index (χ4v) is 4.91. The molecule has 2 heterocycles. The van der Waals surface area contributed by atoms with Gasteiger partial charge in [0.1, 0.15) is 0 Å². The van der Waals surface area contributed by atoms with E-state index in [1.165, 1.54) is 11.1 Å². The van der Waals surface area contributed by atoms with Crippen molar-refractivity contribution in [1.82, 2.24) is 14.8 Å². The number of rotatable bonds is 10. The van der Waals surface area contributed by atoms with Gasteiger partial charge in [-0.05, 0) is 68.5 Å². The number of nitrogens with zero attached hydrogens (tertiary/aromatic N) is 3. The smallest absolute Gasteiger partial charge is 0.222 e. The van der Waals surface area contributed by atoms with Crippen molar-refractivity contribution in [3.63, 3.8) is 0 Å². The van der Waals surface area contributed by atoms with E-state index in [4.69, 9.17) is 5.26 Å². The number of hydrogen-bond acceptors (Lipinski definition) is 3. The van der Waals surface area contributed by atoms with Gasteiger partial charge in [0.05, 0.1) is 18.2 Å². The van der Waals surface area contributed by atoms with Gasteiger partial charge in [-0.3, -0.25) is 9.59 Å². The molecule has 2 amide bonds. The van der Waals surface area contributed by atoms with E-state index in [2.05, 4.69) is 60.1 Å². The number of amides is 2. The number of hydrogen-bond donors (Lipinski definition) is 1. The van der Waals surface area contributed by atoms with Crippen molar-refractivity contribution >= 4 is 11.8 Å². The summed E-state index contributed by atoms with van der Waals surface area (Å²) < 4.78 is 2.22. The molecule has 0 bridgehead atoms. The third-order valence-corrected chi connectivity index (χ3v) is 6.80. The molecule has 1 aliphatic heterocycles. The Labute approximate surface area is 213 Å². The zero-order valence-corrected chi connectivity index (χ0v) is 21.2. The average Bonchev–Trinajstić information content (AvgIpc) is 3.47. The van der Waals surface area contributed by atoms with Crippen LogP contribution in [0.25, 0.3) is 16.9 Å². The fraction of sp³-hybridized carbons (Fsp3) is 0.367. The molecule has 6 nitrogen and oxygen atoms in total. The predicted molar refractivity (Wildman–Crippen MR) is 142 cm³/mol. The zero-order chi connectivity index (χ0) is 25.5. The second-order valence-electron chi connectivity index (χ2n) is 9.55. The summed E-state index contributed by atoms with van der Waals surface area (Å²) in [7, 11) is 0. The van der Waals surface area contributed by atoms with Gasteiger partial charge in [-0.1, -0.05) is 35.9 Å². The molecule has 1 saturated heterocycles. The molecule has 186 valence electrons. The lowest BCUT2D eigenvalue weighted by molar-refractivity contribution is -0.127. The van der Waals surface area contributed by atoms with Gasteiger partial charge in [0, 0.05) is 49.4 Å². The van der Waals surface area contributed by atoms with Crippen LogP contribution >= 0.6 is 0 Å². The molecule has 4 rings (SSSR count). The summed E-state index contributed by atoms with van der Waals surface area (Å²) in [5.74, 6) is 0.246. The molecule has 6 heteroatoms. The summed E-state index contributed by atoms with van der Waals surface area (Å²) in [6.45, 7) is 6.35. The van der Waals surface area contributed by atoms with Crippen molar-refractivity contribution < 1.29 is 9.59 Å². The van der Waals surface area contributed by atoms with Crippen LogP contribution in [0.15, 0.2) is 54.6 Å². The molecule has 36 heavy (non-hydrogen) atoms. The molecule has 3 aromatic rings. The van der Waals surface area contributed by atoms with Crippen molar-refractivity contribution in [2.24, 2.45) is 0 Å². The standard InChI is InChI=1S/C30H34N4O2/c1-22-6-13-27(23(2)21-22)28-14-11-26(34(28)25-9-7-24(8-10-25)16-17-31)12-15-29(35)32-18-4-20-33-19-3-5-30(33)36/h6-11,13-14,21H,3-5,12,15-16,18-20H2,1-2H3,(H,32,35). The van der Waals surface area contributed by atoms with Gasteiger partial charge < -0.3 is 14.8 Å². The number of aryl methyl sites for hydroxylation is 3. The van der Waals surface area contributed by atoms with E-state index in [9.17, 15) is 9.59 Å². The van der Waals surface area contributed by atoms with E-state index in [1.54, 1.807) is 0 Å². The summed E-state index contributed by atoms with van der Waals surface area (Å²) in [6.07, 6.45) is 3.76. The summed E-state index contributed by atoms with van der Waals surface area (Å²) in [5, 5.41) is 12.0. The lowest BCUT2D eigenvalue weighted by Gasteiger charge is -2.17. The number of likely N-dealkylation sites (tertiary alicyclic amines) is 1.